The van der Waals surface area contributed by atoms with Gasteiger partial charge in [-0.3, -0.25) is 4.79 Å². The van der Waals surface area contributed by atoms with Crippen LogP contribution < -0.4 is 0 Å². The van der Waals surface area contributed by atoms with Gasteiger partial charge in [0, 0.05) is 24.8 Å². The topological polar surface area (TPSA) is 91.4 Å². The molecule has 2 bridgehead atoms. The van der Waals surface area contributed by atoms with E-state index in [1.165, 1.54) is 12.5 Å². The Bertz CT molecular complexity index is 1230. The Balaban J connectivity index is 1.20. The fraction of sp³-hybridized carbons (Fsp3) is 0.781. The van der Waals surface area contributed by atoms with Gasteiger partial charge in [0.05, 0.1) is 0 Å². The molecule has 0 aromatic carbocycles. The molecule has 3 heterocycles. The smallest absolute Gasteiger partial charge is 0.350 e. The van der Waals surface area contributed by atoms with Crippen molar-refractivity contribution in [2.45, 2.75) is 122 Å². The lowest BCUT2D eigenvalue weighted by Crippen LogP contribution is -2.51. The van der Waals surface area contributed by atoms with Gasteiger partial charge < -0.3 is 18.9 Å². The predicted octanol–water partition coefficient (Wildman–Crippen LogP) is 5.21. The third-order valence-electron chi connectivity index (χ3n) is 12.8. The molecule has 7 nitrogen and oxygen atoms in total. The molecule has 7 rings (SSSR count). The predicted molar refractivity (Wildman–Crippen MR) is 141 cm³/mol. The minimum absolute atomic E-state index is 0.00728. The van der Waals surface area contributed by atoms with Crippen LogP contribution in [-0.4, -0.2) is 46.9 Å². The number of carbonyl (C=O) groups excluding carboxylic acids is 3. The summed E-state index contributed by atoms with van der Waals surface area (Å²) in [5, 5.41) is 0. The molecule has 4 fully saturated rings. The molecule has 7 aliphatic rings. The minimum Gasteiger partial charge on any atom is -0.459 e. The van der Waals surface area contributed by atoms with E-state index in [1.54, 1.807) is 18.6 Å². The highest BCUT2D eigenvalue weighted by Gasteiger charge is 2.71. The van der Waals surface area contributed by atoms with Crippen molar-refractivity contribution in [1.29, 1.82) is 0 Å². The quantitative estimate of drug-likeness (QED) is 0.206. The van der Waals surface area contributed by atoms with Crippen molar-refractivity contribution in [2.75, 3.05) is 0 Å². The second-order valence-electron chi connectivity index (χ2n) is 14.7. The van der Waals surface area contributed by atoms with E-state index in [2.05, 4.69) is 13.8 Å². The van der Waals surface area contributed by atoms with Gasteiger partial charge in [0.25, 0.3) is 0 Å². The van der Waals surface area contributed by atoms with E-state index in [9.17, 15) is 14.4 Å². The zero-order chi connectivity index (χ0) is 27.8. The van der Waals surface area contributed by atoms with E-state index in [0.29, 0.717) is 5.92 Å². The van der Waals surface area contributed by atoms with Crippen molar-refractivity contribution in [1.82, 2.24) is 0 Å². The zero-order valence-corrected chi connectivity index (χ0v) is 24.1. The molecular weight excluding hydrogens is 496 g/mol. The SMILES string of the molecule is CC(=O)O[C@@]1(C)C(=O)O[C@@H]2C[C@H]1C[C@H]2[C@H]1CC[C@@]2(C)C3=C(CC[C@]12C)[C@@H]1O[C@@]12C=CC(=O)OC(C)(C)[C@@H]2CC3. The van der Waals surface area contributed by atoms with E-state index in [-0.39, 0.29) is 52.7 Å². The molecule has 212 valence electrons. The molecular formula is C32H42O7. The lowest BCUT2D eigenvalue weighted by Gasteiger charge is -2.52. The monoisotopic (exact) mass is 538 g/mol. The fourth-order valence-electron chi connectivity index (χ4n) is 10.6. The van der Waals surface area contributed by atoms with Crippen LogP contribution in [0.1, 0.15) is 92.9 Å². The van der Waals surface area contributed by atoms with Crippen molar-refractivity contribution >= 4 is 17.9 Å². The Morgan fingerprint density at radius 2 is 1.79 bits per heavy atom. The highest BCUT2D eigenvalue weighted by Crippen LogP contribution is 2.72. The molecule has 0 amide bonds. The maximum absolute atomic E-state index is 13.0. The van der Waals surface area contributed by atoms with Crippen LogP contribution in [0.2, 0.25) is 0 Å². The first kappa shape index (κ1) is 25.8. The Labute approximate surface area is 231 Å². The molecule has 1 spiro atoms. The molecule has 4 aliphatic carbocycles. The number of rotatable bonds is 2. The molecule has 0 aromatic heterocycles. The van der Waals surface area contributed by atoms with E-state index < -0.39 is 22.8 Å². The summed E-state index contributed by atoms with van der Waals surface area (Å²) in [7, 11) is 0. The van der Waals surface area contributed by atoms with Gasteiger partial charge in [0.2, 0.25) is 5.60 Å². The molecule has 0 unspecified atom stereocenters. The van der Waals surface area contributed by atoms with Crippen LogP contribution in [0.3, 0.4) is 0 Å². The zero-order valence-electron chi connectivity index (χ0n) is 24.1. The Kier molecular flexibility index (Phi) is 5.14. The van der Waals surface area contributed by atoms with Crippen LogP contribution in [0.5, 0.6) is 0 Å². The Morgan fingerprint density at radius 3 is 2.54 bits per heavy atom. The van der Waals surface area contributed by atoms with Crippen molar-refractivity contribution in [2.24, 2.45) is 34.5 Å². The maximum atomic E-state index is 13.0. The Morgan fingerprint density at radius 1 is 1.03 bits per heavy atom. The van der Waals surface area contributed by atoms with Crippen molar-refractivity contribution in [3.8, 4) is 0 Å². The number of esters is 3. The van der Waals surface area contributed by atoms with Crippen molar-refractivity contribution in [3.63, 3.8) is 0 Å². The molecule has 0 aromatic rings. The normalized spacial score (nSPS) is 50.9. The number of allylic oxidation sites excluding steroid dienone is 1. The van der Waals surface area contributed by atoms with Gasteiger partial charge in [0.15, 0.2) is 0 Å². The number of hydrogen-bond acceptors (Lipinski definition) is 7. The van der Waals surface area contributed by atoms with E-state index in [0.717, 1.165) is 51.4 Å². The van der Waals surface area contributed by atoms with E-state index in [4.69, 9.17) is 18.9 Å². The summed E-state index contributed by atoms with van der Waals surface area (Å²) >= 11 is 0. The summed E-state index contributed by atoms with van der Waals surface area (Å²) in [6.45, 7) is 12.1. The average Bonchev–Trinajstić information content (AvgIpc) is 3.38. The first-order chi connectivity index (χ1) is 18.3. The van der Waals surface area contributed by atoms with E-state index in [1.807, 2.05) is 19.9 Å². The van der Waals surface area contributed by atoms with Gasteiger partial charge in [-0.25, -0.2) is 9.59 Å². The molecule has 39 heavy (non-hydrogen) atoms. The summed E-state index contributed by atoms with van der Waals surface area (Å²) in [6.07, 6.45) is 11.4. The van der Waals surface area contributed by atoms with Crippen LogP contribution in [-0.2, 0) is 33.3 Å². The van der Waals surface area contributed by atoms with Gasteiger partial charge in [-0.1, -0.05) is 19.4 Å². The molecule has 3 aliphatic heterocycles. The van der Waals surface area contributed by atoms with Crippen molar-refractivity contribution in [3.05, 3.63) is 23.3 Å². The third-order valence-corrected chi connectivity index (χ3v) is 12.8. The number of hydrogen-bond donors (Lipinski definition) is 0. The minimum atomic E-state index is -1.18. The standard InChI is InChI=1S/C32H42O7/c1-17(33)37-31(6)18-15-20(23(16-18)36-27(31)35)22-10-13-30(5)21-7-8-24-28(2,3)38-25(34)11-14-32(24)26(39-32)19(21)9-12-29(22,30)4/h11,14,18,20,22-24,26H,7-10,12-13,15-16H2,1-6H3/t18-,20+,22-,23-,24+,26+,29-,30+,31-,32-/m1/s1. The summed E-state index contributed by atoms with van der Waals surface area (Å²) in [5.41, 5.74) is 0.967. The summed E-state index contributed by atoms with van der Waals surface area (Å²) in [4.78, 5) is 37.2. The van der Waals surface area contributed by atoms with Crippen molar-refractivity contribution < 1.29 is 33.3 Å². The molecule has 7 heteroatoms. The lowest BCUT2D eigenvalue weighted by molar-refractivity contribution is -0.197. The first-order valence-electron chi connectivity index (χ1n) is 15.0. The third kappa shape index (κ3) is 3.23. The van der Waals surface area contributed by atoms with Gasteiger partial charge >= 0.3 is 17.9 Å². The lowest BCUT2D eigenvalue weighted by atomic mass is 9.52. The second-order valence-corrected chi connectivity index (χ2v) is 14.7. The number of fused-ring (bicyclic) bond motifs is 5. The summed E-state index contributed by atoms with van der Waals surface area (Å²) < 4.78 is 24.1. The number of epoxide rings is 1. The Hall–Kier alpha value is -2.15. The second kappa shape index (κ2) is 7.77. The molecule has 2 saturated carbocycles. The number of cyclic esters (lactones) is 1. The highest BCUT2D eigenvalue weighted by atomic mass is 16.6. The molecule has 0 N–H and O–H groups in total. The fourth-order valence-corrected chi connectivity index (χ4v) is 10.6. The summed E-state index contributed by atoms with van der Waals surface area (Å²) in [6, 6.07) is 0. The van der Waals surface area contributed by atoms with Gasteiger partial charge in [-0.05, 0) is 106 Å². The van der Waals surface area contributed by atoms with Gasteiger partial charge in [-0.2, -0.15) is 0 Å². The highest BCUT2D eigenvalue weighted by molar-refractivity contribution is 5.84. The van der Waals surface area contributed by atoms with E-state index >= 15 is 0 Å². The van der Waals surface area contributed by atoms with Gasteiger partial charge in [-0.15, -0.1) is 0 Å². The summed E-state index contributed by atoms with van der Waals surface area (Å²) in [5.74, 6) is -0.237. The maximum Gasteiger partial charge on any atom is 0.350 e. The first-order valence-corrected chi connectivity index (χ1v) is 15.0. The molecule has 10 atom stereocenters. The molecule has 0 radical (unpaired) electrons. The number of carbonyl (C=O) groups is 3. The largest absolute Gasteiger partial charge is 0.459 e. The van der Waals surface area contributed by atoms with Gasteiger partial charge in [0.1, 0.15) is 23.4 Å². The molecule has 2 saturated heterocycles. The number of ether oxygens (including phenoxy) is 4. The van der Waals surface area contributed by atoms with Crippen LogP contribution in [0.15, 0.2) is 23.3 Å². The van der Waals surface area contributed by atoms with Crippen LogP contribution >= 0.6 is 0 Å². The van der Waals surface area contributed by atoms with Crippen LogP contribution in [0.4, 0.5) is 0 Å². The average molecular weight is 539 g/mol. The van der Waals surface area contributed by atoms with Crippen LogP contribution in [0.25, 0.3) is 0 Å². The van der Waals surface area contributed by atoms with Crippen LogP contribution in [0, 0.1) is 34.5 Å².